The molecule has 0 spiro atoms. The van der Waals surface area contributed by atoms with Crippen LogP contribution in [0.4, 0.5) is 14.5 Å². The number of anilines is 1. The van der Waals surface area contributed by atoms with Crippen LogP contribution >= 0.6 is 12.2 Å². The van der Waals surface area contributed by atoms with Crippen LogP contribution in [0.5, 0.6) is 0 Å². The van der Waals surface area contributed by atoms with E-state index in [1.807, 2.05) is 4.90 Å². The Hall–Kier alpha value is -1.23. The number of benzene rings is 1. The molecule has 0 unspecified atom stereocenters. The fourth-order valence-corrected chi connectivity index (χ4v) is 3.00. The summed E-state index contributed by atoms with van der Waals surface area (Å²) in [6, 6.07) is 3.04. The third kappa shape index (κ3) is 3.08. The first-order valence-electron chi connectivity index (χ1n) is 7.07. The summed E-state index contributed by atoms with van der Waals surface area (Å²) >= 11 is 4.71. The van der Waals surface area contributed by atoms with Crippen molar-refractivity contribution in [2.24, 2.45) is 11.7 Å². The SMILES string of the molecule is CCCC1CCN(c2ccc(C(N)=S)c(F)c2F)CC1. The third-order valence-electron chi connectivity index (χ3n) is 3.98. The van der Waals surface area contributed by atoms with Crippen LogP contribution in [-0.2, 0) is 0 Å². The zero-order chi connectivity index (χ0) is 14.7. The monoisotopic (exact) mass is 298 g/mol. The molecular weight excluding hydrogens is 278 g/mol. The zero-order valence-corrected chi connectivity index (χ0v) is 12.5. The molecule has 0 atom stereocenters. The van der Waals surface area contributed by atoms with Gasteiger partial charge in [0.1, 0.15) is 4.99 Å². The first-order valence-corrected chi connectivity index (χ1v) is 7.48. The number of piperidine rings is 1. The second-order valence-electron chi connectivity index (χ2n) is 5.34. The number of halogens is 2. The maximum atomic E-state index is 14.1. The van der Waals surface area contributed by atoms with Crippen LogP contribution in [0.15, 0.2) is 12.1 Å². The summed E-state index contributed by atoms with van der Waals surface area (Å²) in [6.45, 7) is 3.72. The minimum atomic E-state index is -0.939. The summed E-state index contributed by atoms with van der Waals surface area (Å²) in [7, 11) is 0. The van der Waals surface area contributed by atoms with E-state index >= 15 is 0 Å². The van der Waals surface area contributed by atoms with Gasteiger partial charge in [0.25, 0.3) is 0 Å². The number of nitrogens with zero attached hydrogens (tertiary/aromatic N) is 1. The lowest BCUT2D eigenvalue weighted by molar-refractivity contribution is 0.375. The van der Waals surface area contributed by atoms with Gasteiger partial charge < -0.3 is 10.6 Å². The first-order chi connectivity index (χ1) is 9.54. The van der Waals surface area contributed by atoms with E-state index in [-0.39, 0.29) is 10.6 Å². The van der Waals surface area contributed by atoms with Crippen molar-refractivity contribution >= 4 is 22.9 Å². The molecule has 1 aromatic rings. The van der Waals surface area contributed by atoms with E-state index in [1.165, 1.54) is 18.9 Å². The summed E-state index contributed by atoms with van der Waals surface area (Å²) in [4.78, 5) is 1.79. The number of thiocarbonyl (C=S) groups is 1. The van der Waals surface area contributed by atoms with Crippen molar-refractivity contribution in [3.63, 3.8) is 0 Å². The van der Waals surface area contributed by atoms with Gasteiger partial charge in [-0.05, 0) is 30.9 Å². The lowest BCUT2D eigenvalue weighted by Gasteiger charge is -2.33. The largest absolute Gasteiger partial charge is 0.389 e. The van der Waals surface area contributed by atoms with Gasteiger partial charge in [-0.2, -0.15) is 0 Å². The van der Waals surface area contributed by atoms with E-state index in [2.05, 4.69) is 6.92 Å². The maximum Gasteiger partial charge on any atom is 0.182 e. The van der Waals surface area contributed by atoms with Crippen LogP contribution in [-0.4, -0.2) is 18.1 Å². The van der Waals surface area contributed by atoms with E-state index in [1.54, 1.807) is 6.07 Å². The molecule has 0 saturated carbocycles. The molecule has 0 bridgehead atoms. The van der Waals surface area contributed by atoms with E-state index in [0.717, 1.165) is 25.9 Å². The molecule has 2 nitrogen and oxygen atoms in total. The summed E-state index contributed by atoms with van der Waals surface area (Å²) in [6.07, 6.45) is 4.46. The normalized spacial score (nSPS) is 16.4. The van der Waals surface area contributed by atoms with E-state index in [4.69, 9.17) is 18.0 Å². The van der Waals surface area contributed by atoms with Crippen LogP contribution in [0.1, 0.15) is 38.2 Å². The number of hydrogen-bond acceptors (Lipinski definition) is 2. The van der Waals surface area contributed by atoms with Crippen molar-refractivity contribution in [2.45, 2.75) is 32.6 Å². The van der Waals surface area contributed by atoms with Crippen molar-refractivity contribution < 1.29 is 8.78 Å². The summed E-state index contributed by atoms with van der Waals surface area (Å²) < 4.78 is 28.0. The number of hydrogen-bond donors (Lipinski definition) is 1. The van der Waals surface area contributed by atoms with Crippen LogP contribution in [0.2, 0.25) is 0 Å². The van der Waals surface area contributed by atoms with E-state index < -0.39 is 11.6 Å². The molecule has 0 amide bonds. The van der Waals surface area contributed by atoms with Gasteiger partial charge in [0.05, 0.1) is 5.69 Å². The molecule has 5 heteroatoms. The first kappa shape index (κ1) is 15.2. The molecule has 1 saturated heterocycles. The highest BCUT2D eigenvalue weighted by atomic mass is 32.1. The van der Waals surface area contributed by atoms with E-state index in [9.17, 15) is 8.78 Å². The van der Waals surface area contributed by atoms with Crippen molar-refractivity contribution in [3.05, 3.63) is 29.3 Å². The molecule has 2 N–H and O–H groups in total. The third-order valence-corrected chi connectivity index (χ3v) is 4.20. The molecular formula is C15H20F2N2S. The van der Waals surface area contributed by atoms with Gasteiger partial charge >= 0.3 is 0 Å². The van der Waals surface area contributed by atoms with Crippen LogP contribution in [0.3, 0.4) is 0 Å². The molecule has 0 aliphatic carbocycles. The summed E-state index contributed by atoms with van der Waals surface area (Å²) in [5.74, 6) is -1.07. The zero-order valence-electron chi connectivity index (χ0n) is 11.7. The van der Waals surface area contributed by atoms with Crippen molar-refractivity contribution in [3.8, 4) is 0 Å². The molecule has 1 aromatic carbocycles. The Morgan fingerprint density at radius 3 is 2.50 bits per heavy atom. The van der Waals surface area contributed by atoms with Crippen LogP contribution in [0.25, 0.3) is 0 Å². The lowest BCUT2D eigenvalue weighted by atomic mass is 9.92. The van der Waals surface area contributed by atoms with Crippen molar-refractivity contribution in [1.29, 1.82) is 0 Å². The maximum absolute atomic E-state index is 14.1. The van der Waals surface area contributed by atoms with Crippen LogP contribution < -0.4 is 10.6 Å². The molecule has 1 heterocycles. The topological polar surface area (TPSA) is 29.3 Å². The Labute approximate surface area is 123 Å². The highest BCUT2D eigenvalue weighted by Gasteiger charge is 2.23. The van der Waals surface area contributed by atoms with Crippen molar-refractivity contribution in [2.75, 3.05) is 18.0 Å². The fraction of sp³-hybridized carbons (Fsp3) is 0.533. The molecule has 1 aliphatic rings. The Morgan fingerprint density at radius 2 is 1.95 bits per heavy atom. The van der Waals surface area contributed by atoms with Crippen molar-refractivity contribution in [1.82, 2.24) is 0 Å². The molecule has 0 radical (unpaired) electrons. The molecule has 1 aliphatic heterocycles. The second kappa shape index (κ2) is 6.48. The van der Waals surface area contributed by atoms with Gasteiger partial charge in [-0.15, -0.1) is 0 Å². The second-order valence-corrected chi connectivity index (χ2v) is 5.78. The Balaban J connectivity index is 2.15. The Morgan fingerprint density at radius 1 is 1.30 bits per heavy atom. The predicted molar refractivity (Wildman–Crippen MR) is 82.1 cm³/mol. The smallest absolute Gasteiger partial charge is 0.182 e. The standard InChI is InChI=1S/C15H20F2N2S/c1-2-3-10-6-8-19(9-7-10)12-5-4-11(15(18)20)13(16)14(12)17/h4-5,10H,2-3,6-9H2,1H3,(H2,18,20). The Kier molecular flexibility index (Phi) is 4.91. The highest BCUT2D eigenvalue weighted by molar-refractivity contribution is 7.80. The average Bonchev–Trinajstić information content (AvgIpc) is 2.43. The van der Waals surface area contributed by atoms with Gasteiger partial charge in [-0.25, -0.2) is 8.78 Å². The number of nitrogens with two attached hydrogens (primary N) is 1. The average molecular weight is 298 g/mol. The van der Waals surface area contributed by atoms with Gasteiger partial charge in [0, 0.05) is 18.7 Å². The fourth-order valence-electron chi connectivity index (χ4n) is 2.84. The highest BCUT2D eigenvalue weighted by Crippen LogP contribution is 2.29. The molecule has 0 aromatic heterocycles. The Bertz CT molecular complexity index is 497. The molecule has 2 rings (SSSR count). The molecule has 20 heavy (non-hydrogen) atoms. The minimum absolute atomic E-state index is 0.0258. The van der Waals surface area contributed by atoms with Gasteiger partial charge in [0.2, 0.25) is 0 Å². The minimum Gasteiger partial charge on any atom is -0.389 e. The lowest BCUT2D eigenvalue weighted by Crippen LogP contribution is -2.34. The van der Waals surface area contributed by atoms with Gasteiger partial charge in [0.15, 0.2) is 11.6 Å². The summed E-state index contributed by atoms with van der Waals surface area (Å²) in [5.41, 5.74) is 5.67. The summed E-state index contributed by atoms with van der Waals surface area (Å²) in [5, 5.41) is 0. The molecule has 1 fully saturated rings. The molecule has 110 valence electrons. The van der Waals surface area contributed by atoms with Gasteiger partial charge in [-0.1, -0.05) is 32.0 Å². The predicted octanol–water partition coefficient (Wildman–Crippen LogP) is 3.62. The quantitative estimate of drug-likeness (QED) is 0.861. The van der Waals surface area contributed by atoms with Gasteiger partial charge in [-0.3, -0.25) is 0 Å². The van der Waals surface area contributed by atoms with E-state index in [0.29, 0.717) is 11.6 Å². The van der Waals surface area contributed by atoms with Crippen LogP contribution in [0, 0.1) is 17.6 Å². The number of rotatable bonds is 4.